The molecule has 1 aliphatic rings. The smallest absolute Gasteiger partial charge is 0.240 e. The Morgan fingerprint density at radius 2 is 1.88 bits per heavy atom. The molecular weight excluding hydrogens is 348 g/mol. The van der Waals surface area contributed by atoms with E-state index in [0.717, 1.165) is 34.4 Å². The molecule has 0 spiro atoms. The van der Waals surface area contributed by atoms with Crippen LogP contribution in [0.15, 0.2) is 41.3 Å². The van der Waals surface area contributed by atoms with Crippen LogP contribution in [0.3, 0.4) is 0 Å². The van der Waals surface area contributed by atoms with Crippen molar-refractivity contribution >= 4 is 21.6 Å². The van der Waals surface area contributed by atoms with Crippen LogP contribution in [0.25, 0.3) is 0 Å². The molecule has 0 saturated heterocycles. The van der Waals surface area contributed by atoms with Crippen molar-refractivity contribution in [1.29, 1.82) is 0 Å². The number of carbonyl (C=O) groups excluding carboxylic acids is 1. The molecule has 0 fully saturated rings. The topological polar surface area (TPSA) is 66.5 Å². The molecule has 0 saturated carbocycles. The van der Waals surface area contributed by atoms with E-state index in [1.807, 2.05) is 45.0 Å². The van der Waals surface area contributed by atoms with Gasteiger partial charge < -0.3 is 4.90 Å². The second kappa shape index (κ2) is 7.21. The summed E-state index contributed by atoms with van der Waals surface area (Å²) in [6, 6.07) is 10.9. The molecule has 0 atom stereocenters. The Balaban J connectivity index is 1.74. The first kappa shape index (κ1) is 18.6. The Hall–Kier alpha value is -2.18. The summed E-state index contributed by atoms with van der Waals surface area (Å²) in [6.07, 6.45) is 1.29. The molecule has 2 aromatic rings. The molecule has 5 nitrogen and oxygen atoms in total. The molecular formula is C20H24N2O3S. The number of hydrogen-bond donors (Lipinski definition) is 1. The van der Waals surface area contributed by atoms with Gasteiger partial charge in [-0.05, 0) is 60.7 Å². The van der Waals surface area contributed by atoms with Crippen molar-refractivity contribution in [1.82, 2.24) is 4.72 Å². The highest BCUT2D eigenvalue weighted by Crippen LogP contribution is 2.29. The van der Waals surface area contributed by atoms with Gasteiger partial charge in [-0.2, -0.15) is 0 Å². The predicted octanol–water partition coefficient (Wildman–Crippen LogP) is 3.08. The second-order valence-electron chi connectivity index (χ2n) is 6.68. The lowest BCUT2D eigenvalue weighted by atomic mass is 10.1. The van der Waals surface area contributed by atoms with Crippen LogP contribution in [0.2, 0.25) is 0 Å². The maximum Gasteiger partial charge on any atom is 0.240 e. The highest BCUT2D eigenvalue weighted by Gasteiger charge is 2.23. The second-order valence-corrected chi connectivity index (χ2v) is 8.45. The molecule has 138 valence electrons. The Bertz CT molecular complexity index is 952. The summed E-state index contributed by atoms with van der Waals surface area (Å²) in [5.41, 5.74) is 4.94. The van der Waals surface area contributed by atoms with Crippen molar-refractivity contribution in [3.05, 3.63) is 58.7 Å². The van der Waals surface area contributed by atoms with Gasteiger partial charge in [0.2, 0.25) is 15.9 Å². The Morgan fingerprint density at radius 1 is 1.12 bits per heavy atom. The van der Waals surface area contributed by atoms with Crippen LogP contribution in [0.4, 0.5) is 5.69 Å². The largest absolute Gasteiger partial charge is 0.312 e. The summed E-state index contributed by atoms with van der Waals surface area (Å²) in [7, 11) is -3.55. The molecule has 6 heteroatoms. The SMILES string of the molecule is CCC(=O)N1CCc2cc(CNS(=O)(=O)c3ccc(C)c(C)c3)ccc21. The molecule has 1 heterocycles. The van der Waals surface area contributed by atoms with E-state index in [4.69, 9.17) is 0 Å². The van der Waals surface area contributed by atoms with Gasteiger partial charge in [0.05, 0.1) is 4.90 Å². The van der Waals surface area contributed by atoms with E-state index in [1.165, 1.54) is 0 Å². The Morgan fingerprint density at radius 3 is 2.58 bits per heavy atom. The number of anilines is 1. The van der Waals surface area contributed by atoms with Crippen LogP contribution in [-0.2, 0) is 27.8 Å². The van der Waals surface area contributed by atoms with Crippen LogP contribution in [0.1, 0.15) is 35.6 Å². The van der Waals surface area contributed by atoms with Crippen LogP contribution in [0, 0.1) is 13.8 Å². The van der Waals surface area contributed by atoms with E-state index < -0.39 is 10.0 Å². The normalized spacial score (nSPS) is 13.7. The molecule has 1 N–H and O–H groups in total. The number of rotatable bonds is 5. The van der Waals surface area contributed by atoms with E-state index in [9.17, 15) is 13.2 Å². The monoisotopic (exact) mass is 372 g/mol. The summed E-state index contributed by atoms with van der Waals surface area (Å²) in [5, 5.41) is 0. The maximum atomic E-state index is 12.5. The number of amides is 1. The van der Waals surface area contributed by atoms with Gasteiger partial charge in [0.1, 0.15) is 0 Å². The number of fused-ring (bicyclic) bond motifs is 1. The molecule has 0 bridgehead atoms. The molecule has 0 aromatic heterocycles. The third-order valence-corrected chi connectivity index (χ3v) is 6.30. The third kappa shape index (κ3) is 3.66. The Labute approximate surface area is 155 Å². The molecule has 0 unspecified atom stereocenters. The van der Waals surface area contributed by atoms with Crippen molar-refractivity contribution in [2.75, 3.05) is 11.4 Å². The molecule has 1 amide bonds. The summed E-state index contributed by atoms with van der Waals surface area (Å²) < 4.78 is 27.7. The fraction of sp³-hybridized carbons (Fsp3) is 0.350. The van der Waals surface area contributed by atoms with Gasteiger partial charge >= 0.3 is 0 Å². The number of carbonyl (C=O) groups is 1. The van der Waals surface area contributed by atoms with Gasteiger partial charge in [-0.1, -0.05) is 25.1 Å². The predicted molar refractivity (Wildman–Crippen MR) is 103 cm³/mol. The fourth-order valence-corrected chi connectivity index (χ4v) is 4.26. The van der Waals surface area contributed by atoms with Gasteiger partial charge in [0.25, 0.3) is 0 Å². The minimum Gasteiger partial charge on any atom is -0.312 e. The molecule has 26 heavy (non-hydrogen) atoms. The van der Waals surface area contributed by atoms with Gasteiger partial charge in [-0.15, -0.1) is 0 Å². The average molecular weight is 372 g/mol. The summed E-state index contributed by atoms with van der Waals surface area (Å²) in [4.78, 5) is 14.0. The van der Waals surface area contributed by atoms with Gasteiger partial charge in [-0.25, -0.2) is 13.1 Å². The zero-order chi connectivity index (χ0) is 18.9. The number of hydrogen-bond acceptors (Lipinski definition) is 3. The van der Waals surface area contributed by atoms with Crippen molar-refractivity contribution in [3.8, 4) is 0 Å². The van der Waals surface area contributed by atoms with E-state index >= 15 is 0 Å². The number of aryl methyl sites for hydroxylation is 2. The lowest BCUT2D eigenvalue weighted by Crippen LogP contribution is -2.27. The summed E-state index contributed by atoms with van der Waals surface area (Å²) >= 11 is 0. The summed E-state index contributed by atoms with van der Waals surface area (Å²) in [6.45, 7) is 6.63. The minimum atomic E-state index is -3.55. The number of nitrogens with one attached hydrogen (secondary N) is 1. The minimum absolute atomic E-state index is 0.118. The maximum absolute atomic E-state index is 12.5. The quantitative estimate of drug-likeness (QED) is 0.877. The Kier molecular flexibility index (Phi) is 5.16. The molecule has 0 aliphatic carbocycles. The number of benzene rings is 2. The van der Waals surface area contributed by atoms with Crippen LogP contribution in [-0.4, -0.2) is 20.9 Å². The van der Waals surface area contributed by atoms with E-state index in [-0.39, 0.29) is 17.3 Å². The standard InChI is InChI=1S/C20H24N2O3S/c1-4-20(23)22-10-9-17-12-16(6-8-19(17)22)13-21-26(24,25)18-7-5-14(2)15(3)11-18/h5-8,11-12,21H,4,9-10,13H2,1-3H3. The summed E-state index contributed by atoms with van der Waals surface area (Å²) in [5.74, 6) is 0.118. The third-order valence-electron chi connectivity index (χ3n) is 4.90. The highest BCUT2D eigenvalue weighted by molar-refractivity contribution is 7.89. The van der Waals surface area contributed by atoms with Gasteiger partial charge in [-0.3, -0.25) is 4.79 Å². The van der Waals surface area contributed by atoms with E-state index in [1.54, 1.807) is 17.0 Å². The van der Waals surface area contributed by atoms with Crippen molar-refractivity contribution in [3.63, 3.8) is 0 Å². The zero-order valence-electron chi connectivity index (χ0n) is 15.4. The lowest BCUT2D eigenvalue weighted by molar-refractivity contribution is -0.118. The van der Waals surface area contributed by atoms with Crippen molar-refractivity contribution in [2.24, 2.45) is 0 Å². The van der Waals surface area contributed by atoms with Gasteiger partial charge in [0.15, 0.2) is 0 Å². The molecule has 2 aromatic carbocycles. The first-order valence-corrected chi connectivity index (χ1v) is 10.3. The molecule has 0 radical (unpaired) electrons. The fourth-order valence-electron chi connectivity index (χ4n) is 3.16. The van der Waals surface area contributed by atoms with Crippen LogP contribution < -0.4 is 9.62 Å². The van der Waals surface area contributed by atoms with Gasteiger partial charge in [0, 0.05) is 25.2 Å². The number of nitrogens with zero attached hydrogens (tertiary/aromatic N) is 1. The first-order valence-electron chi connectivity index (χ1n) is 8.81. The number of sulfonamides is 1. The molecule has 1 aliphatic heterocycles. The highest BCUT2D eigenvalue weighted by atomic mass is 32.2. The zero-order valence-corrected chi connectivity index (χ0v) is 16.2. The van der Waals surface area contributed by atoms with Crippen molar-refractivity contribution in [2.45, 2.75) is 45.1 Å². The van der Waals surface area contributed by atoms with Crippen LogP contribution in [0.5, 0.6) is 0 Å². The van der Waals surface area contributed by atoms with Crippen LogP contribution >= 0.6 is 0 Å². The first-order chi connectivity index (χ1) is 12.3. The van der Waals surface area contributed by atoms with Crippen molar-refractivity contribution < 1.29 is 13.2 Å². The van der Waals surface area contributed by atoms with E-state index in [2.05, 4.69) is 4.72 Å². The molecule has 3 rings (SSSR count). The van der Waals surface area contributed by atoms with E-state index in [0.29, 0.717) is 13.0 Å². The average Bonchev–Trinajstić information content (AvgIpc) is 3.04. The lowest BCUT2D eigenvalue weighted by Gasteiger charge is -2.16.